The van der Waals surface area contributed by atoms with Crippen LogP contribution in [0, 0.1) is 19.7 Å². The number of ether oxygens (including phenoxy) is 1. The molecule has 3 aromatic rings. The van der Waals surface area contributed by atoms with Gasteiger partial charge >= 0.3 is 0 Å². The Hall–Kier alpha value is -2.92. The summed E-state index contributed by atoms with van der Waals surface area (Å²) in [6.07, 6.45) is 0. The van der Waals surface area contributed by atoms with Gasteiger partial charge in [0.15, 0.2) is 0 Å². The Morgan fingerprint density at radius 3 is 2.50 bits per heavy atom. The zero-order valence-electron chi connectivity index (χ0n) is 15.0. The predicted octanol–water partition coefficient (Wildman–Crippen LogP) is 4.63. The molecular formula is C21H21FN2O2. The van der Waals surface area contributed by atoms with Gasteiger partial charge in [0.1, 0.15) is 5.82 Å². The highest BCUT2D eigenvalue weighted by Gasteiger charge is 2.17. The predicted molar refractivity (Wildman–Crippen MR) is 100 cm³/mol. The summed E-state index contributed by atoms with van der Waals surface area (Å²) in [7, 11) is 1.62. The molecule has 0 saturated carbocycles. The van der Waals surface area contributed by atoms with E-state index in [1.54, 1.807) is 19.2 Å². The topological polar surface area (TPSA) is 43.3 Å². The van der Waals surface area contributed by atoms with Crippen molar-refractivity contribution in [2.24, 2.45) is 0 Å². The Bertz CT molecular complexity index is 930. The van der Waals surface area contributed by atoms with Crippen molar-refractivity contribution < 1.29 is 13.9 Å². The van der Waals surface area contributed by atoms with E-state index in [1.807, 2.05) is 48.7 Å². The number of carbonyl (C=O) groups excluding carboxylic acids is 1. The first kappa shape index (κ1) is 17.9. The molecule has 0 bridgehead atoms. The van der Waals surface area contributed by atoms with Crippen LogP contribution in [0.15, 0.2) is 54.6 Å². The smallest absolute Gasteiger partial charge is 0.257 e. The molecule has 0 radical (unpaired) electrons. The number of anilines is 1. The monoisotopic (exact) mass is 352 g/mol. The van der Waals surface area contributed by atoms with E-state index in [0.29, 0.717) is 12.2 Å². The minimum Gasteiger partial charge on any atom is -0.380 e. The van der Waals surface area contributed by atoms with Crippen LogP contribution in [0.25, 0.3) is 5.69 Å². The number of amides is 1. The number of aromatic nitrogens is 1. The van der Waals surface area contributed by atoms with Gasteiger partial charge in [-0.3, -0.25) is 4.79 Å². The van der Waals surface area contributed by atoms with Crippen molar-refractivity contribution in [2.75, 3.05) is 12.4 Å². The van der Waals surface area contributed by atoms with Gasteiger partial charge in [0.05, 0.1) is 12.2 Å². The number of carbonyl (C=O) groups is 1. The van der Waals surface area contributed by atoms with Gasteiger partial charge in [0, 0.05) is 35.4 Å². The van der Waals surface area contributed by atoms with Gasteiger partial charge in [0.25, 0.3) is 5.91 Å². The molecule has 1 N–H and O–H groups in total. The third-order valence-electron chi connectivity index (χ3n) is 4.33. The minimum atomic E-state index is -0.288. The van der Waals surface area contributed by atoms with E-state index in [2.05, 4.69) is 5.32 Å². The lowest BCUT2D eigenvalue weighted by atomic mass is 10.1. The van der Waals surface area contributed by atoms with E-state index >= 15 is 0 Å². The van der Waals surface area contributed by atoms with Crippen LogP contribution in [0.4, 0.5) is 10.1 Å². The molecule has 3 rings (SSSR count). The third-order valence-corrected chi connectivity index (χ3v) is 4.33. The SMILES string of the molecule is COCc1ccccc1NC(=O)c1cc(C)n(-c2ccc(F)cc2)c1C. The molecule has 0 aliphatic carbocycles. The summed E-state index contributed by atoms with van der Waals surface area (Å²) in [5.74, 6) is -0.473. The lowest BCUT2D eigenvalue weighted by molar-refractivity contribution is 0.102. The van der Waals surface area contributed by atoms with Gasteiger partial charge in [0.2, 0.25) is 0 Å². The number of para-hydroxylation sites is 1. The summed E-state index contributed by atoms with van der Waals surface area (Å²) >= 11 is 0. The number of nitrogens with zero attached hydrogens (tertiary/aromatic N) is 1. The molecule has 2 aromatic carbocycles. The lowest BCUT2D eigenvalue weighted by Gasteiger charge is -2.12. The highest BCUT2D eigenvalue weighted by molar-refractivity contribution is 6.05. The molecule has 0 saturated heterocycles. The molecule has 0 atom stereocenters. The van der Waals surface area contributed by atoms with Crippen molar-refractivity contribution in [3.05, 3.63) is 82.9 Å². The van der Waals surface area contributed by atoms with Crippen molar-refractivity contribution in [3.8, 4) is 5.69 Å². The maximum absolute atomic E-state index is 13.2. The molecule has 1 aromatic heterocycles. The zero-order chi connectivity index (χ0) is 18.7. The number of hydrogen-bond donors (Lipinski definition) is 1. The first-order chi connectivity index (χ1) is 12.5. The maximum Gasteiger partial charge on any atom is 0.257 e. The van der Waals surface area contributed by atoms with Crippen LogP contribution in [0.3, 0.4) is 0 Å². The summed E-state index contributed by atoms with van der Waals surface area (Å²) in [5, 5.41) is 2.96. The van der Waals surface area contributed by atoms with Crippen molar-refractivity contribution in [1.82, 2.24) is 4.57 Å². The van der Waals surface area contributed by atoms with Crippen molar-refractivity contribution in [3.63, 3.8) is 0 Å². The van der Waals surface area contributed by atoms with Crippen LogP contribution < -0.4 is 5.32 Å². The summed E-state index contributed by atoms with van der Waals surface area (Å²) in [6, 6.07) is 15.6. The van der Waals surface area contributed by atoms with Crippen molar-refractivity contribution in [1.29, 1.82) is 0 Å². The number of rotatable bonds is 5. The van der Waals surface area contributed by atoms with E-state index in [-0.39, 0.29) is 11.7 Å². The van der Waals surface area contributed by atoms with Crippen LogP contribution >= 0.6 is 0 Å². The summed E-state index contributed by atoms with van der Waals surface area (Å²) in [4.78, 5) is 12.8. The fourth-order valence-electron chi connectivity index (χ4n) is 3.09. The molecule has 4 nitrogen and oxygen atoms in total. The van der Waals surface area contributed by atoms with E-state index in [4.69, 9.17) is 4.74 Å². The Labute approximate surface area is 152 Å². The Kier molecular flexibility index (Phi) is 5.19. The number of benzene rings is 2. The third kappa shape index (κ3) is 3.53. The Balaban J connectivity index is 1.92. The molecule has 0 aliphatic heterocycles. The molecule has 134 valence electrons. The highest BCUT2D eigenvalue weighted by atomic mass is 19.1. The van der Waals surface area contributed by atoms with Crippen LogP contribution in [0.5, 0.6) is 0 Å². The van der Waals surface area contributed by atoms with E-state index in [9.17, 15) is 9.18 Å². The molecule has 1 heterocycles. The Morgan fingerprint density at radius 1 is 1.12 bits per heavy atom. The number of aryl methyl sites for hydroxylation is 1. The van der Waals surface area contributed by atoms with Crippen LogP contribution in [0.2, 0.25) is 0 Å². The number of methoxy groups -OCH3 is 1. The van der Waals surface area contributed by atoms with Gasteiger partial charge in [-0.25, -0.2) is 4.39 Å². The van der Waals surface area contributed by atoms with E-state index in [1.165, 1.54) is 12.1 Å². The number of hydrogen-bond acceptors (Lipinski definition) is 2. The largest absolute Gasteiger partial charge is 0.380 e. The second-order valence-electron chi connectivity index (χ2n) is 6.14. The normalized spacial score (nSPS) is 10.8. The van der Waals surface area contributed by atoms with E-state index < -0.39 is 0 Å². The van der Waals surface area contributed by atoms with Crippen LogP contribution in [0.1, 0.15) is 27.3 Å². The molecule has 26 heavy (non-hydrogen) atoms. The van der Waals surface area contributed by atoms with Gasteiger partial charge in [-0.05, 0) is 50.2 Å². The van der Waals surface area contributed by atoms with Crippen LogP contribution in [-0.2, 0) is 11.3 Å². The number of halogens is 1. The highest BCUT2D eigenvalue weighted by Crippen LogP contribution is 2.23. The quantitative estimate of drug-likeness (QED) is 0.727. The second-order valence-corrected chi connectivity index (χ2v) is 6.14. The number of nitrogens with one attached hydrogen (secondary N) is 1. The molecule has 1 amide bonds. The molecular weight excluding hydrogens is 331 g/mol. The molecule has 0 spiro atoms. The van der Waals surface area contributed by atoms with Crippen molar-refractivity contribution in [2.45, 2.75) is 20.5 Å². The zero-order valence-corrected chi connectivity index (χ0v) is 15.0. The second kappa shape index (κ2) is 7.54. The van der Waals surface area contributed by atoms with E-state index in [0.717, 1.165) is 28.3 Å². The maximum atomic E-state index is 13.2. The lowest BCUT2D eigenvalue weighted by Crippen LogP contribution is -2.14. The summed E-state index contributed by atoms with van der Waals surface area (Å²) in [6.45, 7) is 4.23. The van der Waals surface area contributed by atoms with Crippen molar-refractivity contribution >= 4 is 11.6 Å². The fraction of sp³-hybridized carbons (Fsp3) is 0.190. The first-order valence-corrected chi connectivity index (χ1v) is 8.34. The summed E-state index contributed by atoms with van der Waals surface area (Å²) in [5.41, 5.74) is 4.75. The average Bonchev–Trinajstić information content (AvgIpc) is 2.92. The molecule has 0 unspecified atom stereocenters. The fourth-order valence-corrected chi connectivity index (χ4v) is 3.09. The van der Waals surface area contributed by atoms with Gasteiger partial charge in [-0.2, -0.15) is 0 Å². The molecule has 0 fully saturated rings. The first-order valence-electron chi connectivity index (χ1n) is 8.34. The molecule has 0 aliphatic rings. The van der Waals surface area contributed by atoms with Gasteiger partial charge < -0.3 is 14.6 Å². The van der Waals surface area contributed by atoms with Crippen LogP contribution in [-0.4, -0.2) is 17.6 Å². The van der Waals surface area contributed by atoms with Gasteiger partial charge in [-0.1, -0.05) is 18.2 Å². The molecule has 5 heteroatoms. The standard InChI is InChI=1S/C21H21FN2O2/c1-14-12-19(15(2)24(14)18-10-8-17(22)9-11-18)21(25)23-20-7-5-4-6-16(20)13-26-3/h4-12H,13H2,1-3H3,(H,23,25). The average molecular weight is 352 g/mol. The summed E-state index contributed by atoms with van der Waals surface area (Å²) < 4.78 is 20.3. The minimum absolute atomic E-state index is 0.185. The Morgan fingerprint density at radius 2 is 1.81 bits per heavy atom. The van der Waals surface area contributed by atoms with Gasteiger partial charge in [-0.15, -0.1) is 0 Å².